The summed E-state index contributed by atoms with van der Waals surface area (Å²) < 4.78 is 56.4. The van der Waals surface area contributed by atoms with Gasteiger partial charge in [0.2, 0.25) is 21.5 Å². The number of cyclic esters (lactones) is 1. The number of aromatic nitrogens is 4. The van der Waals surface area contributed by atoms with Crippen LogP contribution in [0.15, 0.2) is 76.9 Å². The molecule has 2 atom stereocenters. The number of fused-ring (bicyclic) bond motifs is 5. The van der Waals surface area contributed by atoms with Gasteiger partial charge in [-0.2, -0.15) is 4.31 Å². The first-order chi connectivity index (χ1) is 41.7. The molecule has 0 saturated heterocycles. The van der Waals surface area contributed by atoms with E-state index in [-0.39, 0.29) is 93.9 Å². The number of nitrogens with zero attached hydrogens (tertiary/aromatic N) is 5. The molecule has 5 aromatic rings. The number of unbranched alkanes of at least 4 members (excludes halogenated alkanes) is 1. The van der Waals surface area contributed by atoms with Crippen molar-refractivity contribution in [2.45, 2.75) is 134 Å². The van der Waals surface area contributed by atoms with Gasteiger partial charge in [-0.3, -0.25) is 24.0 Å². The maximum atomic E-state index is 14.4. The van der Waals surface area contributed by atoms with Crippen LogP contribution in [0.1, 0.15) is 125 Å². The molecule has 0 aliphatic carbocycles. The highest BCUT2D eigenvalue weighted by Crippen LogP contribution is 2.42. The van der Waals surface area contributed by atoms with E-state index >= 15 is 0 Å². The number of ether oxygens (including phenoxy) is 5. The van der Waals surface area contributed by atoms with Crippen LogP contribution in [0.2, 0.25) is 0 Å². The van der Waals surface area contributed by atoms with Crippen molar-refractivity contribution in [2.75, 3.05) is 57.3 Å². The van der Waals surface area contributed by atoms with E-state index in [0.717, 1.165) is 22.1 Å². The molecule has 3 amide bonds. The zero-order valence-corrected chi connectivity index (χ0v) is 51.2. The molecule has 4 N–H and O–H groups in total. The summed E-state index contributed by atoms with van der Waals surface area (Å²) in [5.41, 5.74) is 7.53. The number of rotatable bonds is 33. The number of carbonyl (C=O) groups is 7. The average Bonchev–Trinajstić information content (AvgIpc) is 1.77. The molecule has 7 rings (SSSR count). The van der Waals surface area contributed by atoms with Gasteiger partial charge in [-0.15, -0.1) is 0 Å². The normalized spacial score (nSPS) is 14.5. The summed E-state index contributed by atoms with van der Waals surface area (Å²) in [5, 5.41) is 6.76. The SMILES string of the molecule is CC[C@@]1(OC(=O)OCc2ccc(NC(=O)[C@H](CCCNC(N)=O)CC(=O)COCC(=O)CCCOCCCC(=O)CCCC#Cc3cnc(SC)nc3)cc2)C(=O)OCc2c1cc1n(c2=O)Cc2c-1nc1ccccc1c2CCN(C(C)C)S(C)(=O)=O. The lowest BCUT2D eigenvalue weighted by molar-refractivity contribution is -0.175. The standard InChI is InChI=1S/C62H74N8O15S2/c1-6-62(52-32-54-55-50(35-69(54)57(75)51(52)39-83-58(62)76)48(49-20-10-11-21-53(49)68-55)26-28-70(40(2)3)87(5,79)80)85-61(78)84-36-41-22-24-44(25-23-41)67-56(74)43(16-12-27-64-59(63)77)31-47(73)38-82-37-46(72)19-14-30-81-29-13-18-45(71)17-9-7-8-15-42-33-65-60(86-4)66-34-42/h10-11,20-25,32-34,40,43H,6-7,9,12-14,16-19,26-31,35-39H2,1-5H3,(H,67,74)(H3,63,64,77)/t43-,62+/m1/s1. The van der Waals surface area contributed by atoms with E-state index < -0.39 is 63.6 Å². The lowest BCUT2D eigenvalue weighted by Crippen LogP contribution is -2.47. The van der Waals surface area contributed by atoms with Crippen LogP contribution in [-0.4, -0.2) is 132 Å². The third-order valence-corrected chi connectivity index (χ3v) is 16.8. The number of anilines is 1. The molecule has 25 heteroatoms. The van der Waals surface area contributed by atoms with Gasteiger partial charge in [-0.1, -0.05) is 60.9 Å². The van der Waals surface area contributed by atoms with E-state index in [1.54, 1.807) is 63.5 Å². The molecule has 0 fully saturated rings. The number of pyridine rings is 2. The lowest BCUT2D eigenvalue weighted by atomic mass is 9.85. The van der Waals surface area contributed by atoms with Gasteiger partial charge in [0.25, 0.3) is 5.56 Å². The van der Waals surface area contributed by atoms with Crippen molar-refractivity contribution in [2.24, 2.45) is 11.7 Å². The number of thioether (sulfide) groups is 1. The second-order valence-electron chi connectivity index (χ2n) is 21.4. The first-order valence-corrected chi connectivity index (χ1v) is 31.9. The number of para-hydroxylation sites is 1. The van der Waals surface area contributed by atoms with Gasteiger partial charge in [-0.25, -0.2) is 37.8 Å². The van der Waals surface area contributed by atoms with Gasteiger partial charge in [0.15, 0.2) is 16.7 Å². The highest BCUT2D eigenvalue weighted by Gasteiger charge is 2.51. The maximum absolute atomic E-state index is 14.4. The number of sulfonamides is 1. The molecular formula is C62H74N8O15S2. The Morgan fingerprint density at radius 3 is 2.30 bits per heavy atom. The van der Waals surface area contributed by atoms with Crippen LogP contribution in [0.3, 0.4) is 0 Å². The fourth-order valence-electron chi connectivity index (χ4n) is 10.4. The second-order valence-corrected chi connectivity index (χ2v) is 24.1. The number of ketones is 3. The third kappa shape index (κ3) is 18.3. The number of nitrogens with two attached hydrogens (primary N) is 1. The highest BCUT2D eigenvalue weighted by molar-refractivity contribution is 7.98. The summed E-state index contributed by atoms with van der Waals surface area (Å²) in [4.78, 5) is 118. The molecule has 0 saturated carbocycles. The van der Waals surface area contributed by atoms with Crippen molar-refractivity contribution in [1.29, 1.82) is 0 Å². The molecule has 0 radical (unpaired) electrons. The number of carbonyl (C=O) groups excluding carboxylic acids is 7. The van der Waals surface area contributed by atoms with Crippen LogP contribution in [-0.2, 0) is 89.5 Å². The van der Waals surface area contributed by atoms with Crippen molar-refractivity contribution >= 4 is 79.8 Å². The zero-order valence-electron chi connectivity index (χ0n) is 49.6. The van der Waals surface area contributed by atoms with E-state index in [1.807, 2.05) is 30.5 Å². The Morgan fingerprint density at radius 1 is 0.908 bits per heavy atom. The van der Waals surface area contributed by atoms with Crippen LogP contribution in [0, 0.1) is 17.8 Å². The Labute approximate surface area is 509 Å². The fourth-order valence-corrected chi connectivity index (χ4v) is 11.9. The largest absolute Gasteiger partial charge is 0.510 e. The summed E-state index contributed by atoms with van der Waals surface area (Å²) in [6, 6.07) is 14.3. The van der Waals surface area contributed by atoms with Gasteiger partial charge >= 0.3 is 18.2 Å². The summed E-state index contributed by atoms with van der Waals surface area (Å²) in [5.74, 6) is 3.30. The number of Topliss-reactive ketones (excluding diaryl/α,β-unsaturated/α-hetero) is 3. The van der Waals surface area contributed by atoms with Crippen LogP contribution in [0.5, 0.6) is 0 Å². The van der Waals surface area contributed by atoms with Crippen molar-refractivity contribution in [3.63, 3.8) is 0 Å². The summed E-state index contributed by atoms with van der Waals surface area (Å²) >= 11 is 1.45. The molecule has 2 aliphatic rings. The number of esters is 1. The number of hydrogen-bond acceptors (Lipinski definition) is 19. The summed E-state index contributed by atoms with van der Waals surface area (Å²) in [6.45, 7) is 4.99. The molecule has 0 unspecified atom stereocenters. The van der Waals surface area contributed by atoms with Crippen LogP contribution in [0.25, 0.3) is 22.3 Å². The van der Waals surface area contributed by atoms with Gasteiger partial charge in [0.05, 0.1) is 40.8 Å². The predicted octanol–water partition coefficient (Wildman–Crippen LogP) is 7.08. The molecule has 2 aliphatic heterocycles. The average molecular weight is 1240 g/mol. The minimum absolute atomic E-state index is 0.117. The summed E-state index contributed by atoms with van der Waals surface area (Å²) in [6.07, 6.45) is 8.94. The molecular weight excluding hydrogens is 1160 g/mol. The maximum Gasteiger partial charge on any atom is 0.510 e. The van der Waals surface area contributed by atoms with E-state index in [1.165, 1.54) is 26.9 Å². The molecule has 464 valence electrons. The second kappa shape index (κ2) is 31.7. The smallest absolute Gasteiger partial charge is 0.457 e. The number of amides is 3. The quantitative estimate of drug-likeness (QED) is 0.0122. The Kier molecular flexibility index (Phi) is 24.3. The van der Waals surface area contributed by atoms with Gasteiger partial charge in [0.1, 0.15) is 32.2 Å². The number of benzene rings is 2. The summed E-state index contributed by atoms with van der Waals surface area (Å²) in [7, 11) is -3.54. The molecule has 5 heterocycles. The topological polar surface area (TPSA) is 314 Å². The molecule has 23 nitrogen and oxygen atoms in total. The van der Waals surface area contributed by atoms with Crippen molar-refractivity contribution in [3.05, 3.63) is 111 Å². The molecule has 3 aromatic heterocycles. The van der Waals surface area contributed by atoms with Crippen molar-refractivity contribution in [1.82, 2.24) is 29.1 Å². The van der Waals surface area contributed by atoms with Crippen LogP contribution in [0.4, 0.5) is 15.3 Å². The van der Waals surface area contributed by atoms with Crippen molar-refractivity contribution < 1.29 is 65.7 Å². The van der Waals surface area contributed by atoms with E-state index in [2.05, 4.69) is 32.4 Å². The number of urea groups is 1. The predicted molar refractivity (Wildman–Crippen MR) is 324 cm³/mol. The Hall–Kier alpha value is -7.89. The highest BCUT2D eigenvalue weighted by atomic mass is 32.2. The lowest BCUT2D eigenvalue weighted by Gasteiger charge is -2.35. The number of primary amides is 1. The van der Waals surface area contributed by atoms with E-state index in [4.69, 9.17) is 34.4 Å². The van der Waals surface area contributed by atoms with Gasteiger partial charge in [0, 0.05) is 105 Å². The van der Waals surface area contributed by atoms with E-state index in [9.17, 15) is 46.8 Å². The zero-order chi connectivity index (χ0) is 62.7. The number of nitrogens with one attached hydrogen (secondary N) is 2. The fraction of sp³-hybridized carbons (Fsp3) is 0.468. The Bertz CT molecular complexity index is 3570. The minimum Gasteiger partial charge on any atom is -0.457 e. The molecule has 0 spiro atoms. The van der Waals surface area contributed by atoms with Crippen LogP contribution >= 0.6 is 11.8 Å². The number of hydrogen-bond donors (Lipinski definition) is 3. The molecule has 87 heavy (non-hydrogen) atoms. The first-order valence-electron chi connectivity index (χ1n) is 28.9. The van der Waals surface area contributed by atoms with Gasteiger partial charge in [-0.05, 0) is 100 Å². The van der Waals surface area contributed by atoms with Crippen LogP contribution < -0.4 is 21.9 Å². The monoisotopic (exact) mass is 1230 g/mol. The Morgan fingerprint density at radius 2 is 1.61 bits per heavy atom. The van der Waals surface area contributed by atoms with E-state index in [0.29, 0.717) is 97.9 Å². The Balaban J connectivity index is 0.871. The van der Waals surface area contributed by atoms with Crippen molar-refractivity contribution in [3.8, 4) is 23.2 Å². The van der Waals surface area contributed by atoms with Gasteiger partial charge < -0.3 is 44.6 Å². The molecule has 0 bridgehead atoms. The first kappa shape index (κ1) is 66.6. The third-order valence-electron chi connectivity index (χ3n) is 14.8. The minimum atomic E-state index is -3.54. The molecule has 2 aromatic carbocycles.